The topological polar surface area (TPSA) is 110 Å². The van der Waals surface area contributed by atoms with E-state index in [1.165, 1.54) is 82.8 Å². The van der Waals surface area contributed by atoms with Gasteiger partial charge in [0.25, 0.3) is 0 Å². The van der Waals surface area contributed by atoms with Crippen molar-refractivity contribution in [3.63, 3.8) is 0 Å². The molecule has 0 amide bonds. The Balaban J connectivity index is 0.0000122. The molecule has 1 unspecified atom stereocenters. The van der Waals surface area contributed by atoms with Gasteiger partial charge in [0, 0.05) is 0 Å². The van der Waals surface area contributed by atoms with Crippen molar-refractivity contribution in [2.24, 2.45) is 0 Å². The van der Waals surface area contributed by atoms with E-state index in [0.717, 1.165) is 26.2 Å². The summed E-state index contributed by atoms with van der Waals surface area (Å²) in [7, 11) is -4.56. The number of rotatable bonds is 20. The monoisotopic (exact) mass is 550 g/mol. The molecule has 0 aliphatic carbocycles. The first-order valence-corrected chi connectivity index (χ1v) is 14.6. The SMILES string of the molecule is CCCCCCCCCCCCCCCCOC(=O)c1ccccc1C(=O)OCC(C)S(=O)(=O)[O-].[K+]. The van der Waals surface area contributed by atoms with Crippen molar-refractivity contribution >= 4 is 22.1 Å². The van der Waals surface area contributed by atoms with Crippen molar-refractivity contribution in [2.45, 2.75) is 109 Å². The molecule has 200 valence electrons. The van der Waals surface area contributed by atoms with Gasteiger partial charge in [-0.15, -0.1) is 0 Å². The van der Waals surface area contributed by atoms with Gasteiger partial charge in [0.1, 0.15) is 16.7 Å². The van der Waals surface area contributed by atoms with Crippen molar-refractivity contribution in [1.82, 2.24) is 0 Å². The Morgan fingerprint density at radius 2 is 1.14 bits per heavy atom. The summed E-state index contributed by atoms with van der Waals surface area (Å²) >= 11 is 0. The van der Waals surface area contributed by atoms with Gasteiger partial charge in [-0.05, 0) is 25.5 Å². The van der Waals surface area contributed by atoms with Crippen molar-refractivity contribution < 1.29 is 83.4 Å². The molecule has 0 N–H and O–H groups in total. The second-order valence-corrected chi connectivity index (χ2v) is 11.0. The summed E-state index contributed by atoms with van der Waals surface area (Å²) in [6.45, 7) is 3.10. The number of unbranched alkanes of at least 4 members (excludes halogenated alkanes) is 13. The summed E-state index contributed by atoms with van der Waals surface area (Å²) in [5.74, 6) is -1.50. The maximum atomic E-state index is 12.4. The predicted octanol–water partition coefficient (Wildman–Crippen LogP) is 3.42. The molecule has 1 rings (SSSR count). The summed E-state index contributed by atoms with van der Waals surface area (Å²) in [4.78, 5) is 24.7. The van der Waals surface area contributed by atoms with Gasteiger partial charge in [-0.2, -0.15) is 0 Å². The summed E-state index contributed by atoms with van der Waals surface area (Å²) in [6.07, 6.45) is 17.4. The molecule has 0 spiro atoms. The Labute approximate surface area is 260 Å². The fraction of sp³-hybridized carbons (Fsp3) is 0.704. The van der Waals surface area contributed by atoms with E-state index in [4.69, 9.17) is 9.47 Å². The first-order chi connectivity index (χ1) is 16.8. The van der Waals surface area contributed by atoms with Gasteiger partial charge in [0.15, 0.2) is 0 Å². The minimum atomic E-state index is -4.56. The Kier molecular flexibility index (Phi) is 21.4. The third-order valence-corrected chi connectivity index (χ3v) is 7.16. The van der Waals surface area contributed by atoms with Crippen LogP contribution in [-0.4, -0.2) is 43.4 Å². The van der Waals surface area contributed by atoms with Gasteiger partial charge < -0.3 is 14.0 Å². The Bertz CT molecular complexity index is 842. The van der Waals surface area contributed by atoms with Crippen molar-refractivity contribution in [3.05, 3.63) is 35.4 Å². The molecule has 0 bridgehead atoms. The van der Waals surface area contributed by atoms with Gasteiger partial charge in [-0.1, -0.05) is 103 Å². The molecule has 9 heteroatoms. The molecule has 36 heavy (non-hydrogen) atoms. The number of hydrogen-bond acceptors (Lipinski definition) is 7. The molecule has 0 saturated heterocycles. The van der Waals surface area contributed by atoms with E-state index in [9.17, 15) is 22.6 Å². The zero-order chi connectivity index (χ0) is 25.9. The first-order valence-electron chi connectivity index (χ1n) is 13.1. The summed E-state index contributed by atoms with van der Waals surface area (Å²) in [5.41, 5.74) is 0.0365. The fourth-order valence-corrected chi connectivity index (χ4v) is 3.97. The van der Waals surface area contributed by atoms with E-state index in [2.05, 4.69) is 6.92 Å². The predicted molar refractivity (Wildman–Crippen MR) is 136 cm³/mol. The van der Waals surface area contributed by atoms with Crippen molar-refractivity contribution in [2.75, 3.05) is 13.2 Å². The maximum Gasteiger partial charge on any atom is 1.00 e. The third kappa shape index (κ3) is 16.5. The number of ether oxygens (including phenoxy) is 2. The average molecular weight is 551 g/mol. The van der Waals surface area contributed by atoms with Crippen LogP contribution in [0.2, 0.25) is 0 Å². The molecule has 1 atom stereocenters. The molecular formula is C27H43KO7S. The van der Waals surface area contributed by atoms with Crippen LogP contribution in [0.25, 0.3) is 0 Å². The van der Waals surface area contributed by atoms with Crippen LogP contribution in [0.3, 0.4) is 0 Å². The van der Waals surface area contributed by atoms with E-state index >= 15 is 0 Å². The zero-order valence-electron chi connectivity index (χ0n) is 22.5. The number of carbonyl (C=O) groups excluding carboxylic acids is 2. The minimum Gasteiger partial charge on any atom is -0.748 e. The molecular weight excluding hydrogens is 507 g/mol. The van der Waals surface area contributed by atoms with Crippen LogP contribution in [0.4, 0.5) is 0 Å². The molecule has 0 aromatic heterocycles. The molecule has 7 nitrogen and oxygen atoms in total. The molecule has 0 radical (unpaired) electrons. The van der Waals surface area contributed by atoms with E-state index in [1.807, 2.05) is 0 Å². The number of carbonyl (C=O) groups is 2. The maximum absolute atomic E-state index is 12.4. The zero-order valence-corrected chi connectivity index (χ0v) is 26.4. The molecule has 0 fully saturated rings. The fourth-order valence-electron chi connectivity index (χ4n) is 3.73. The van der Waals surface area contributed by atoms with E-state index < -0.39 is 33.9 Å². The van der Waals surface area contributed by atoms with E-state index in [1.54, 1.807) is 12.1 Å². The number of benzene rings is 1. The van der Waals surface area contributed by atoms with Crippen LogP contribution in [0.1, 0.15) is 124 Å². The summed E-state index contributed by atoms with van der Waals surface area (Å²) in [6, 6.07) is 6.03. The number of esters is 2. The molecule has 1 aromatic rings. The quantitative estimate of drug-likeness (QED) is 0.106. The van der Waals surface area contributed by atoms with Crippen LogP contribution in [0.5, 0.6) is 0 Å². The third-order valence-electron chi connectivity index (χ3n) is 6.04. The Hall–Kier alpha value is -0.294. The van der Waals surface area contributed by atoms with Crippen LogP contribution in [-0.2, 0) is 19.6 Å². The first kappa shape index (κ1) is 35.7. The van der Waals surface area contributed by atoms with Gasteiger partial charge in [0.2, 0.25) is 0 Å². The average Bonchev–Trinajstić information content (AvgIpc) is 2.83. The van der Waals surface area contributed by atoms with Crippen LogP contribution in [0.15, 0.2) is 24.3 Å². The van der Waals surface area contributed by atoms with Crippen LogP contribution >= 0.6 is 0 Å². The standard InChI is InChI=1S/C27H44O7S.K/c1-3-4-5-6-7-8-9-10-11-12-13-14-15-18-21-33-26(28)24-19-16-17-20-25(24)27(29)34-22-23(2)35(30,31)32;/h16-17,19-20,23H,3-15,18,21-22H2,1-2H3,(H,30,31,32);/q;+1/p-1. The van der Waals surface area contributed by atoms with Crippen molar-refractivity contribution in [3.8, 4) is 0 Å². The van der Waals surface area contributed by atoms with E-state index in [-0.39, 0.29) is 69.1 Å². The van der Waals surface area contributed by atoms with Gasteiger partial charge in [-0.3, -0.25) is 0 Å². The Morgan fingerprint density at radius 1 is 0.750 bits per heavy atom. The minimum absolute atomic E-state index is 0. The van der Waals surface area contributed by atoms with Gasteiger partial charge in [0.05, 0.1) is 23.0 Å². The molecule has 1 aromatic carbocycles. The Morgan fingerprint density at radius 3 is 1.56 bits per heavy atom. The second-order valence-electron chi connectivity index (χ2n) is 9.18. The normalized spacial score (nSPS) is 12.0. The second kappa shape index (κ2) is 21.6. The van der Waals surface area contributed by atoms with Crippen LogP contribution < -0.4 is 51.4 Å². The van der Waals surface area contributed by atoms with Gasteiger partial charge >= 0.3 is 63.3 Å². The van der Waals surface area contributed by atoms with Gasteiger partial charge in [-0.25, -0.2) is 18.0 Å². The van der Waals surface area contributed by atoms with Crippen LogP contribution in [0, 0.1) is 0 Å². The summed E-state index contributed by atoms with van der Waals surface area (Å²) in [5, 5.41) is -1.37. The molecule has 0 aliphatic rings. The summed E-state index contributed by atoms with van der Waals surface area (Å²) < 4.78 is 43.1. The largest absolute Gasteiger partial charge is 1.00 e. The number of hydrogen-bond donors (Lipinski definition) is 0. The van der Waals surface area contributed by atoms with E-state index in [0.29, 0.717) is 0 Å². The molecule has 0 aliphatic heterocycles. The van der Waals surface area contributed by atoms with Crippen molar-refractivity contribution in [1.29, 1.82) is 0 Å². The molecule has 0 saturated carbocycles. The smallest absolute Gasteiger partial charge is 0.748 e. The molecule has 0 heterocycles.